The molecule has 1 unspecified atom stereocenters. The maximum atomic E-state index is 12.4. The number of amides is 1. The lowest BCUT2D eigenvalue weighted by Crippen LogP contribution is -2.38. The number of aromatic amines is 1. The number of para-hydroxylation sites is 1. The fraction of sp³-hybridized carbons (Fsp3) is 0.292. The van der Waals surface area contributed by atoms with E-state index in [-0.39, 0.29) is 12.3 Å². The van der Waals surface area contributed by atoms with E-state index in [1.165, 1.54) is 0 Å². The highest BCUT2D eigenvalue weighted by molar-refractivity contribution is 5.92. The second-order valence-electron chi connectivity index (χ2n) is 7.84. The first-order valence-corrected chi connectivity index (χ1v) is 11.0. The summed E-state index contributed by atoms with van der Waals surface area (Å²) in [6.45, 7) is 1.14. The van der Waals surface area contributed by atoms with Gasteiger partial charge in [-0.05, 0) is 43.2 Å². The van der Waals surface area contributed by atoms with E-state index in [9.17, 15) is 14.7 Å². The molecule has 0 fully saturated rings. The number of carbonyl (C=O) groups is 2. The van der Waals surface area contributed by atoms with Crippen LogP contribution in [0.2, 0.25) is 0 Å². The van der Waals surface area contributed by atoms with E-state index < -0.39 is 12.1 Å². The van der Waals surface area contributed by atoms with Crippen LogP contribution in [0.4, 0.5) is 23.0 Å². The van der Waals surface area contributed by atoms with Gasteiger partial charge in [0.1, 0.15) is 11.9 Å². The number of carbonyl (C=O) groups excluding carboxylic acids is 1. The second kappa shape index (κ2) is 10.5. The highest BCUT2D eigenvalue weighted by atomic mass is 16.5. The van der Waals surface area contributed by atoms with Crippen LogP contribution in [0.15, 0.2) is 60.9 Å². The molecule has 2 aromatic carbocycles. The average Bonchev–Trinajstić information content (AvgIpc) is 3.32. The smallest absolute Gasteiger partial charge is 0.307 e. The molecule has 33 heavy (non-hydrogen) atoms. The van der Waals surface area contributed by atoms with Crippen LogP contribution in [0, 0.1) is 0 Å². The van der Waals surface area contributed by atoms with E-state index in [4.69, 9.17) is 4.74 Å². The molecule has 1 atom stereocenters. The molecule has 4 N–H and O–H groups in total. The SMILES string of the molecule is O=C(O)CC1CN(c2ccccc2)c2cc(NC(=O)CCCCNc3ncc[nH]3)ccc2O1. The molecule has 0 saturated heterocycles. The number of benzene rings is 2. The van der Waals surface area contributed by atoms with E-state index in [0.717, 1.165) is 36.7 Å². The Labute approximate surface area is 191 Å². The molecule has 3 aromatic rings. The van der Waals surface area contributed by atoms with Gasteiger partial charge in [0.05, 0.1) is 18.7 Å². The molecule has 0 aliphatic carbocycles. The number of carboxylic acids is 1. The van der Waals surface area contributed by atoms with Crippen molar-refractivity contribution in [3.63, 3.8) is 0 Å². The lowest BCUT2D eigenvalue weighted by molar-refractivity contribution is -0.138. The van der Waals surface area contributed by atoms with Crippen molar-refractivity contribution in [1.82, 2.24) is 9.97 Å². The van der Waals surface area contributed by atoms with E-state index in [1.807, 2.05) is 41.3 Å². The number of rotatable bonds is 10. The minimum Gasteiger partial charge on any atom is -0.486 e. The summed E-state index contributed by atoms with van der Waals surface area (Å²) in [4.78, 5) is 32.8. The Morgan fingerprint density at radius 1 is 1.18 bits per heavy atom. The Bertz CT molecular complexity index is 1070. The van der Waals surface area contributed by atoms with Gasteiger partial charge in [-0.3, -0.25) is 9.59 Å². The third-order valence-corrected chi connectivity index (χ3v) is 5.30. The molecule has 0 radical (unpaired) electrons. The molecule has 1 amide bonds. The van der Waals surface area contributed by atoms with Gasteiger partial charge in [-0.25, -0.2) is 4.98 Å². The number of fused-ring (bicyclic) bond motifs is 1. The fourth-order valence-corrected chi connectivity index (χ4v) is 3.78. The number of imidazole rings is 1. The Hall–Kier alpha value is -4.01. The number of aliphatic carboxylic acids is 1. The van der Waals surface area contributed by atoms with Crippen LogP contribution < -0.4 is 20.3 Å². The van der Waals surface area contributed by atoms with Crippen molar-refractivity contribution in [2.75, 3.05) is 28.6 Å². The maximum absolute atomic E-state index is 12.4. The lowest BCUT2D eigenvalue weighted by atomic mass is 10.1. The quantitative estimate of drug-likeness (QED) is 0.345. The van der Waals surface area contributed by atoms with Crippen LogP contribution in [0.1, 0.15) is 25.7 Å². The Kier molecular flexibility index (Phi) is 7.09. The van der Waals surface area contributed by atoms with Gasteiger partial charge < -0.3 is 30.4 Å². The highest BCUT2D eigenvalue weighted by Gasteiger charge is 2.28. The van der Waals surface area contributed by atoms with Crippen molar-refractivity contribution in [3.05, 3.63) is 60.9 Å². The van der Waals surface area contributed by atoms with Gasteiger partial charge in [0.15, 0.2) is 5.95 Å². The number of hydrogen-bond donors (Lipinski definition) is 4. The average molecular weight is 450 g/mol. The zero-order chi connectivity index (χ0) is 23.0. The molecule has 0 spiro atoms. The van der Waals surface area contributed by atoms with Crippen molar-refractivity contribution in [2.45, 2.75) is 31.8 Å². The minimum atomic E-state index is -0.903. The summed E-state index contributed by atoms with van der Waals surface area (Å²) in [5, 5.41) is 15.3. The molecule has 9 heteroatoms. The number of nitrogens with one attached hydrogen (secondary N) is 3. The summed E-state index contributed by atoms with van der Waals surface area (Å²) in [7, 11) is 0. The zero-order valence-corrected chi connectivity index (χ0v) is 18.2. The second-order valence-corrected chi connectivity index (χ2v) is 7.84. The Morgan fingerprint density at radius 3 is 2.79 bits per heavy atom. The predicted molar refractivity (Wildman–Crippen MR) is 126 cm³/mol. The Balaban J connectivity index is 1.38. The van der Waals surface area contributed by atoms with Crippen molar-refractivity contribution in [1.29, 1.82) is 0 Å². The molecule has 9 nitrogen and oxygen atoms in total. The normalized spacial score (nSPS) is 14.8. The molecule has 4 rings (SSSR count). The largest absolute Gasteiger partial charge is 0.486 e. The Morgan fingerprint density at radius 2 is 2.03 bits per heavy atom. The number of hydrogen-bond acceptors (Lipinski definition) is 6. The van der Waals surface area contributed by atoms with Gasteiger partial charge in [-0.15, -0.1) is 0 Å². The number of anilines is 4. The molecule has 1 aliphatic heterocycles. The van der Waals surface area contributed by atoms with Crippen molar-refractivity contribution < 1.29 is 19.4 Å². The number of H-pyrrole nitrogens is 1. The highest BCUT2D eigenvalue weighted by Crippen LogP contribution is 2.40. The lowest BCUT2D eigenvalue weighted by Gasteiger charge is -2.36. The van der Waals surface area contributed by atoms with Crippen molar-refractivity contribution in [3.8, 4) is 5.75 Å². The van der Waals surface area contributed by atoms with Crippen LogP contribution in [-0.4, -0.2) is 46.1 Å². The van der Waals surface area contributed by atoms with Crippen LogP contribution in [-0.2, 0) is 9.59 Å². The minimum absolute atomic E-state index is 0.0558. The summed E-state index contributed by atoms with van der Waals surface area (Å²) in [5.41, 5.74) is 2.40. The van der Waals surface area contributed by atoms with Crippen LogP contribution in [0.5, 0.6) is 5.75 Å². The summed E-state index contributed by atoms with van der Waals surface area (Å²) in [6, 6.07) is 15.2. The van der Waals surface area contributed by atoms with E-state index in [2.05, 4.69) is 20.6 Å². The maximum Gasteiger partial charge on any atom is 0.307 e. The molecule has 0 saturated carbocycles. The molecule has 1 aliphatic rings. The van der Waals surface area contributed by atoms with Gasteiger partial charge in [-0.1, -0.05) is 18.2 Å². The third-order valence-electron chi connectivity index (χ3n) is 5.30. The zero-order valence-electron chi connectivity index (χ0n) is 18.2. The van der Waals surface area contributed by atoms with Crippen LogP contribution in [0.3, 0.4) is 0 Å². The molecule has 0 bridgehead atoms. The van der Waals surface area contributed by atoms with Gasteiger partial charge >= 0.3 is 5.97 Å². The summed E-state index contributed by atoms with van der Waals surface area (Å²) < 4.78 is 5.93. The molecular formula is C24H27N5O4. The molecule has 2 heterocycles. The topological polar surface area (TPSA) is 120 Å². The van der Waals surface area contributed by atoms with Gasteiger partial charge in [0, 0.05) is 36.7 Å². The van der Waals surface area contributed by atoms with Crippen molar-refractivity contribution >= 4 is 34.9 Å². The standard InChI is InChI=1S/C24H27N5O4/c30-22(8-4-5-11-25-24-26-12-13-27-24)28-17-9-10-21-20(14-17)29(18-6-2-1-3-7-18)16-19(33-21)15-23(31)32/h1-3,6-7,9-10,12-14,19H,4-5,8,11,15-16H2,(H,28,30)(H,31,32)(H2,25,26,27). The fourth-order valence-electron chi connectivity index (χ4n) is 3.78. The number of nitrogens with zero attached hydrogens (tertiary/aromatic N) is 2. The van der Waals surface area contributed by atoms with Crippen LogP contribution in [0.25, 0.3) is 0 Å². The summed E-state index contributed by atoms with van der Waals surface area (Å²) in [6.07, 6.45) is 4.90. The summed E-state index contributed by atoms with van der Waals surface area (Å²) >= 11 is 0. The predicted octanol–water partition coefficient (Wildman–Crippen LogP) is 4.00. The van der Waals surface area contributed by atoms with E-state index in [0.29, 0.717) is 24.4 Å². The molecule has 1 aromatic heterocycles. The first-order chi connectivity index (χ1) is 16.1. The van der Waals surface area contributed by atoms with E-state index in [1.54, 1.807) is 24.5 Å². The van der Waals surface area contributed by atoms with E-state index >= 15 is 0 Å². The molecular weight excluding hydrogens is 422 g/mol. The number of ether oxygens (including phenoxy) is 1. The monoisotopic (exact) mass is 449 g/mol. The number of carboxylic acid groups (broad SMARTS) is 1. The number of aromatic nitrogens is 2. The van der Waals surface area contributed by atoms with Gasteiger partial charge in [-0.2, -0.15) is 0 Å². The summed E-state index contributed by atoms with van der Waals surface area (Å²) in [5.74, 6) is 0.363. The van der Waals surface area contributed by atoms with Crippen LogP contribution >= 0.6 is 0 Å². The first kappa shape index (κ1) is 22.2. The third kappa shape index (κ3) is 6.03. The molecule has 172 valence electrons. The first-order valence-electron chi connectivity index (χ1n) is 11.0. The van der Waals surface area contributed by atoms with Gasteiger partial charge in [0.2, 0.25) is 5.91 Å². The van der Waals surface area contributed by atoms with Crippen molar-refractivity contribution in [2.24, 2.45) is 0 Å². The van der Waals surface area contributed by atoms with Gasteiger partial charge in [0.25, 0.3) is 0 Å². The number of unbranched alkanes of at least 4 members (excludes halogenated alkanes) is 1.